The van der Waals surface area contributed by atoms with Crippen LogP contribution in [0.15, 0.2) is 0 Å². The number of cyclic esters (lactones) is 2. The monoisotopic (exact) mass is 572 g/mol. The van der Waals surface area contributed by atoms with Crippen molar-refractivity contribution in [2.45, 2.75) is 139 Å². The number of rotatable bonds is 14. The van der Waals surface area contributed by atoms with Gasteiger partial charge in [0.25, 0.3) is 0 Å². The minimum absolute atomic E-state index is 0.0513. The zero-order valence-corrected chi connectivity index (χ0v) is 27.4. The molecule has 0 bridgehead atoms. The molecular weight excluding hydrogens is 516 g/mol. The van der Waals surface area contributed by atoms with Gasteiger partial charge in [0.2, 0.25) is 0 Å². The van der Waals surface area contributed by atoms with Crippen molar-refractivity contribution >= 4 is 12.1 Å². The molecule has 1 aromatic rings. The van der Waals surface area contributed by atoms with Gasteiger partial charge in [0.1, 0.15) is 35.7 Å². The Balaban J connectivity index is 1.53. The number of hydrogen-bond donors (Lipinski definition) is 0. The molecule has 1 fully saturated rings. The fourth-order valence-corrected chi connectivity index (χ4v) is 6.27. The summed E-state index contributed by atoms with van der Waals surface area (Å²) in [6, 6.07) is 0. The molecule has 1 aromatic carbocycles. The number of carbonyl (C=O) groups excluding carboxylic acids is 2. The van der Waals surface area contributed by atoms with E-state index in [9.17, 15) is 9.59 Å². The molecule has 41 heavy (non-hydrogen) atoms. The quantitative estimate of drug-likeness (QED) is 0.163. The van der Waals surface area contributed by atoms with E-state index in [-0.39, 0.29) is 18.8 Å². The Morgan fingerprint density at radius 2 is 1.39 bits per heavy atom. The van der Waals surface area contributed by atoms with Crippen LogP contribution in [0.1, 0.15) is 128 Å². The zero-order chi connectivity index (χ0) is 30.4. The van der Waals surface area contributed by atoms with Crippen LogP contribution >= 0.6 is 0 Å². The van der Waals surface area contributed by atoms with Crippen LogP contribution in [0.5, 0.6) is 11.5 Å². The molecule has 0 amide bonds. The second-order valence-electron chi connectivity index (χ2n) is 14.2. The highest BCUT2D eigenvalue weighted by Crippen LogP contribution is 2.45. The molecule has 6 nitrogen and oxygen atoms in total. The van der Waals surface area contributed by atoms with Crippen molar-refractivity contribution < 1.29 is 28.5 Å². The van der Waals surface area contributed by atoms with E-state index < -0.39 is 17.5 Å². The summed E-state index contributed by atoms with van der Waals surface area (Å²) in [6.07, 6.45) is 12.7. The third-order valence-corrected chi connectivity index (χ3v) is 9.54. The first-order valence-electron chi connectivity index (χ1n) is 16.1. The van der Waals surface area contributed by atoms with Crippen LogP contribution in [0.4, 0.5) is 4.79 Å². The second kappa shape index (κ2) is 14.3. The Morgan fingerprint density at radius 3 is 1.98 bits per heavy atom. The lowest BCUT2D eigenvalue weighted by molar-refractivity contribution is -0.156. The lowest BCUT2D eigenvalue weighted by Gasteiger charge is -2.38. The number of benzene rings is 1. The Morgan fingerprint density at radius 1 is 0.829 bits per heavy atom. The minimum Gasteiger partial charge on any atom is -0.487 e. The lowest BCUT2D eigenvalue weighted by atomic mass is 9.83. The molecule has 0 radical (unpaired) electrons. The van der Waals surface area contributed by atoms with E-state index in [4.69, 9.17) is 18.9 Å². The molecule has 0 spiro atoms. The van der Waals surface area contributed by atoms with Gasteiger partial charge < -0.3 is 18.9 Å². The molecule has 2 aliphatic heterocycles. The molecule has 2 aliphatic rings. The van der Waals surface area contributed by atoms with Crippen molar-refractivity contribution in [3.63, 3.8) is 0 Å². The third-order valence-electron chi connectivity index (χ3n) is 9.54. The molecular formula is C35H56O6. The number of hydrogen-bond acceptors (Lipinski definition) is 6. The first kappa shape index (κ1) is 33.3. The summed E-state index contributed by atoms with van der Waals surface area (Å²) in [5.74, 6) is 3.50. The highest BCUT2D eigenvalue weighted by atomic mass is 16.7. The number of carbonyl (C=O) groups is 2. The van der Waals surface area contributed by atoms with Crippen molar-refractivity contribution in [3.05, 3.63) is 22.3 Å². The van der Waals surface area contributed by atoms with Crippen molar-refractivity contribution in [2.24, 2.45) is 23.2 Å². The smallest absolute Gasteiger partial charge is 0.487 e. The second-order valence-corrected chi connectivity index (χ2v) is 14.2. The van der Waals surface area contributed by atoms with Crippen LogP contribution < -0.4 is 9.47 Å². The van der Waals surface area contributed by atoms with Gasteiger partial charge in [-0.15, -0.1) is 0 Å². The van der Waals surface area contributed by atoms with Crippen LogP contribution in [0, 0.1) is 43.9 Å². The van der Waals surface area contributed by atoms with E-state index in [1.807, 2.05) is 13.8 Å². The normalized spacial score (nSPS) is 21.4. The van der Waals surface area contributed by atoms with E-state index in [0.717, 1.165) is 65.0 Å². The molecule has 0 saturated carbocycles. The van der Waals surface area contributed by atoms with Gasteiger partial charge in [0.05, 0.1) is 0 Å². The predicted molar refractivity (Wildman–Crippen MR) is 164 cm³/mol. The summed E-state index contributed by atoms with van der Waals surface area (Å²) in [7, 11) is 0. The summed E-state index contributed by atoms with van der Waals surface area (Å²) < 4.78 is 22.6. The molecule has 2 heterocycles. The first-order valence-corrected chi connectivity index (χ1v) is 16.1. The Hall–Kier alpha value is -2.24. The number of fused-ring (bicyclic) bond motifs is 1. The van der Waals surface area contributed by atoms with E-state index in [0.29, 0.717) is 5.75 Å². The minimum atomic E-state index is -1.03. The van der Waals surface area contributed by atoms with Crippen molar-refractivity contribution in [1.29, 1.82) is 0 Å². The molecule has 3 rings (SSSR count). The number of esters is 1. The molecule has 3 atom stereocenters. The van der Waals surface area contributed by atoms with Gasteiger partial charge >= 0.3 is 12.1 Å². The summed E-state index contributed by atoms with van der Waals surface area (Å²) in [4.78, 5) is 24.4. The van der Waals surface area contributed by atoms with E-state index >= 15 is 0 Å². The maximum absolute atomic E-state index is 13.1. The van der Waals surface area contributed by atoms with Gasteiger partial charge in [-0.2, -0.15) is 0 Å². The van der Waals surface area contributed by atoms with Gasteiger partial charge in [-0.1, -0.05) is 72.6 Å². The van der Waals surface area contributed by atoms with Crippen LogP contribution in [0.25, 0.3) is 0 Å². The SMILES string of the molecule is Cc1c(C)c2c(c(C)c1OC(=O)C1(C)COC(=O)OC1)CCC(C)(CCCC(C)CCCC(C)CCCC(C)C)O2. The van der Waals surface area contributed by atoms with Crippen molar-refractivity contribution in [2.75, 3.05) is 13.2 Å². The molecule has 1 saturated heterocycles. The molecule has 0 aliphatic carbocycles. The molecule has 232 valence electrons. The van der Waals surface area contributed by atoms with Crippen molar-refractivity contribution in [3.8, 4) is 11.5 Å². The first-order chi connectivity index (χ1) is 19.2. The molecule has 0 N–H and O–H groups in total. The molecule has 6 heteroatoms. The van der Waals surface area contributed by atoms with E-state index in [2.05, 4.69) is 41.5 Å². The Labute approximate surface area is 249 Å². The van der Waals surface area contributed by atoms with E-state index in [1.54, 1.807) is 6.92 Å². The Bertz CT molecular complexity index is 1050. The summed E-state index contributed by atoms with van der Waals surface area (Å²) in [5.41, 5.74) is 2.78. The standard InChI is InChI=1S/C35H56O6/c1-23(2)13-10-14-24(3)15-11-16-25(4)17-12-19-35(9)20-18-29-28(7)30(26(5)27(6)31(29)41-35)40-32(36)34(8)21-38-33(37)39-22-34/h23-25H,10-22H2,1-9H3. The number of ether oxygens (including phenoxy) is 4. The van der Waals surface area contributed by atoms with Gasteiger partial charge in [-0.25, -0.2) is 4.79 Å². The predicted octanol–water partition coefficient (Wildman–Crippen LogP) is 9.21. The summed E-state index contributed by atoms with van der Waals surface area (Å²) >= 11 is 0. The third kappa shape index (κ3) is 8.88. The van der Waals surface area contributed by atoms with Crippen molar-refractivity contribution in [1.82, 2.24) is 0 Å². The Kier molecular flexibility index (Phi) is 11.6. The fourth-order valence-electron chi connectivity index (χ4n) is 6.27. The van der Waals surface area contributed by atoms with Crippen LogP contribution in [-0.4, -0.2) is 30.9 Å². The maximum Gasteiger partial charge on any atom is 0.508 e. The highest BCUT2D eigenvalue weighted by molar-refractivity contribution is 5.81. The average Bonchev–Trinajstić information content (AvgIpc) is 2.91. The van der Waals surface area contributed by atoms with Gasteiger partial charge in [0, 0.05) is 5.56 Å². The van der Waals surface area contributed by atoms with E-state index in [1.165, 1.54) is 51.4 Å². The summed E-state index contributed by atoms with van der Waals surface area (Å²) in [6.45, 7) is 19.4. The topological polar surface area (TPSA) is 71.1 Å². The van der Waals surface area contributed by atoms with Gasteiger partial charge in [0.15, 0.2) is 0 Å². The highest BCUT2D eigenvalue weighted by Gasteiger charge is 2.43. The maximum atomic E-state index is 13.1. The molecule has 3 unspecified atom stereocenters. The zero-order valence-electron chi connectivity index (χ0n) is 27.4. The largest absolute Gasteiger partial charge is 0.508 e. The van der Waals surface area contributed by atoms with Crippen LogP contribution in [-0.2, 0) is 20.7 Å². The summed E-state index contributed by atoms with van der Waals surface area (Å²) in [5, 5.41) is 0. The van der Waals surface area contributed by atoms with Gasteiger partial charge in [-0.05, 0) is 94.7 Å². The lowest BCUT2D eigenvalue weighted by Crippen LogP contribution is -2.45. The fraction of sp³-hybridized carbons (Fsp3) is 0.771. The van der Waals surface area contributed by atoms with Crippen LogP contribution in [0.3, 0.4) is 0 Å². The van der Waals surface area contributed by atoms with Gasteiger partial charge in [-0.3, -0.25) is 4.79 Å². The average molecular weight is 573 g/mol. The molecule has 0 aromatic heterocycles. The van der Waals surface area contributed by atoms with Crippen LogP contribution in [0.2, 0.25) is 0 Å².